The van der Waals surface area contributed by atoms with Crippen molar-refractivity contribution >= 4 is 60.5 Å². The second-order valence-corrected chi connectivity index (χ2v) is 10.2. The molecule has 0 fully saturated rings. The molecule has 0 rings (SSSR count). The normalized spacial score (nSPS) is 12.9. The first kappa shape index (κ1) is 18.8. The molecule has 0 unspecified atom stereocenters. The first-order chi connectivity index (χ1) is 8.24. The average Bonchev–Trinajstić information content (AvgIpc) is 2.37. The van der Waals surface area contributed by atoms with Gasteiger partial charge >= 0.3 is 0 Å². The molecule has 0 aromatic carbocycles. The van der Waals surface area contributed by atoms with Crippen LogP contribution in [0.3, 0.4) is 0 Å². The Morgan fingerprint density at radius 3 is 0.882 bits per heavy atom. The number of hydrogen-bond acceptors (Lipinski definition) is 4. The van der Waals surface area contributed by atoms with Gasteiger partial charge in [0, 0.05) is 0 Å². The van der Waals surface area contributed by atoms with Gasteiger partial charge in [-0.1, -0.05) is 0 Å². The van der Waals surface area contributed by atoms with Gasteiger partial charge in [0.15, 0.2) is 0 Å². The Hall–Kier alpha value is 1.75. The Balaban J connectivity index is 4.39. The summed E-state index contributed by atoms with van der Waals surface area (Å²) < 4.78 is 0. The highest BCUT2D eigenvalue weighted by molar-refractivity contribution is 8.33. The van der Waals surface area contributed by atoms with Crippen LogP contribution >= 0.6 is 60.5 Å². The van der Waals surface area contributed by atoms with Crippen molar-refractivity contribution in [3.8, 4) is 0 Å². The van der Waals surface area contributed by atoms with Crippen LogP contribution in [0.2, 0.25) is 0 Å². The third-order valence-corrected chi connectivity index (χ3v) is 8.83. The van der Waals surface area contributed by atoms with Gasteiger partial charge in [-0.3, -0.25) is 0 Å². The highest BCUT2D eigenvalue weighted by Gasteiger charge is 2.21. The lowest BCUT2D eigenvalue weighted by Crippen LogP contribution is -2.19. The van der Waals surface area contributed by atoms with Crippen molar-refractivity contribution in [2.24, 2.45) is 0 Å². The molecule has 0 saturated carbocycles. The zero-order valence-corrected chi connectivity index (χ0v) is 15.1. The summed E-state index contributed by atoms with van der Waals surface area (Å²) in [6.45, 7) is 0. The fourth-order valence-corrected chi connectivity index (χ4v) is 7.84. The van der Waals surface area contributed by atoms with Crippen LogP contribution in [0.1, 0.15) is 25.7 Å². The highest BCUT2D eigenvalue weighted by atomic mass is 32.3. The molecule has 0 aromatic rings. The van der Waals surface area contributed by atoms with Crippen molar-refractivity contribution in [3.63, 3.8) is 0 Å². The smallest absolute Gasteiger partial charge is 0.00906 e. The van der Waals surface area contributed by atoms with Gasteiger partial charge in [0.1, 0.15) is 0 Å². The third kappa shape index (κ3) is 9.31. The van der Waals surface area contributed by atoms with E-state index in [9.17, 15) is 0 Å². The molecular weight excluding hydrogens is 304 g/mol. The molecule has 0 radical (unpaired) electrons. The van der Waals surface area contributed by atoms with Crippen molar-refractivity contribution in [2.45, 2.75) is 25.7 Å². The molecule has 0 amide bonds. The second-order valence-electron chi connectivity index (χ2n) is 4.35. The van der Waals surface area contributed by atoms with Crippen LogP contribution in [0, 0.1) is 0 Å². The Labute approximate surface area is 131 Å². The molecule has 17 heavy (non-hydrogen) atoms. The Kier molecular flexibility index (Phi) is 14.1. The SMILES string of the molecule is SCCCS(CCCS)(CCCS)CCCS. The van der Waals surface area contributed by atoms with Gasteiger partial charge in [0.2, 0.25) is 0 Å². The lowest BCUT2D eigenvalue weighted by molar-refractivity contribution is 1.00. The van der Waals surface area contributed by atoms with Gasteiger partial charge in [-0.15, -0.1) is 0 Å². The summed E-state index contributed by atoms with van der Waals surface area (Å²) in [6.07, 6.45) is 5.07. The Bertz CT molecular complexity index is 125. The largest absolute Gasteiger partial charge is 0.241 e. The first-order valence-electron chi connectivity index (χ1n) is 6.42. The van der Waals surface area contributed by atoms with E-state index in [2.05, 4.69) is 50.5 Å². The number of hydrogen-bond donors (Lipinski definition) is 4. The van der Waals surface area contributed by atoms with Crippen LogP contribution in [-0.4, -0.2) is 46.0 Å². The molecule has 0 N–H and O–H groups in total. The minimum absolute atomic E-state index is 0.441. The summed E-state index contributed by atoms with van der Waals surface area (Å²) in [6, 6.07) is 0. The quantitative estimate of drug-likeness (QED) is 0.380. The van der Waals surface area contributed by atoms with E-state index in [4.69, 9.17) is 0 Å². The third-order valence-electron chi connectivity index (χ3n) is 2.94. The van der Waals surface area contributed by atoms with E-state index >= 15 is 0 Å². The Morgan fingerprint density at radius 1 is 0.471 bits per heavy atom. The van der Waals surface area contributed by atoms with Crippen LogP contribution < -0.4 is 0 Å². The standard InChI is InChI=1S/C12H28S5/c13-5-1-9-17(10-2-6-14,11-3-7-15)12-4-8-16/h13-16H,1-12H2. The zero-order valence-electron chi connectivity index (χ0n) is 10.7. The fourth-order valence-electron chi connectivity index (χ4n) is 2.10. The van der Waals surface area contributed by atoms with Gasteiger partial charge in [-0.2, -0.15) is 50.5 Å². The predicted octanol–water partition coefficient (Wildman–Crippen LogP) is 4.07. The van der Waals surface area contributed by atoms with Crippen LogP contribution in [0.4, 0.5) is 0 Å². The van der Waals surface area contributed by atoms with E-state index in [0.717, 1.165) is 23.0 Å². The number of thiol groups is 4. The molecule has 0 aliphatic rings. The van der Waals surface area contributed by atoms with Gasteiger partial charge in [0.25, 0.3) is 0 Å². The summed E-state index contributed by atoms with van der Waals surface area (Å²) in [5.74, 6) is 9.68. The van der Waals surface area contributed by atoms with Gasteiger partial charge in [-0.25, -0.2) is 10.0 Å². The van der Waals surface area contributed by atoms with Crippen LogP contribution in [0.25, 0.3) is 0 Å². The van der Waals surface area contributed by atoms with Crippen molar-refractivity contribution in [2.75, 3.05) is 46.0 Å². The maximum atomic E-state index is 4.37. The molecule has 5 heteroatoms. The maximum Gasteiger partial charge on any atom is -0.00906 e. The molecule has 0 spiro atoms. The van der Waals surface area contributed by atoms with Gasteiger partial charge in [0.05, 0.1) is 0 Å². The second kappa shape index (κ2) is 12.8. The van der Waals surface area contributed by atoms with E-state index in [1.807, 2.05) is 0 Å². The number of rotatable bonds is 12. The first-order valence-corrected chi connectivity index (χ1v) is 11.3. The molecule has 0 aliphatic carbocycles. The van der Waals surface area contributed by atoms with Crippen molar-refractivity contribution in [1.29, 1.82) is 0 Å². The minimum atomic E-state index is -0.441. The molecular formula is C12H28S5. The Morgan fingerprint density at radius 2 is 0.706 bits per heavy atom. The van der Waals surface area contributed by atoms with Crippen LogP contribution in [0.15, 0.2) is 0 Å². The van der Waals surface area contributed by atoms with Crippen molar-refractivity contribution < 1.29 is 0 Å². The summed E-state index contributed by atoms with van der Waals surface area (Å²) in [4.78, 5) is 0. The van der Waals surface area contributed by atoms with Crippen molar-refractivity contribution in [1.82, 2.24) is 0 Å². The molecule has 0 aliphatic heterocycles. The topological polar surface area (TPSA) is 0 Å². The van der Waals surface area contributed by atoms with E-state index in [-0.39, 0.29) is 0 Å². The molecule has 0 aromatic heterocycles. The van der Waals surface area contributed by atoms with E-state index in [1.165, 1.54) is 48.7 Å². The van der Waals surface area contributed by atoms with E-state index < -0.39 is 10.0 Å². The summed E-state index contributed by atoms with van der Waals surface area (Å²) >= 11 is 17.5. The summed E-state index contributed by atoms with van der Waals surface area (Å²) in [5.41, 5.74) is 0. The lowest BCUT2D eigenvalue weighted by atomic mass is 10.5. The monoisotopic (exact) mass is 332 g/mol. The zero-order chi connectivity index (χ0) is 13.0. The minimum Gasteiger partial charge on any atom is -0.241 e. The van der Waals surface area contributed by atoms with Crippen LogP contribution in [0.5, 0.6) is 0 Å². The lowest BCUT2D eigenvalue weighted by Gasteiger charge is -2.41. The summed E-state index contributed by atoms with van der Waals surface area (Å²) in [7, 11) is -0.441. The molecule has 0 atom stereocenters. The fraction of sp³-hybridized carbons (Fsp3) is 1.00. The highest BCUT2D eigenvalue weighted by Crippen LogP contribution is 2.50. The maximum absolute atomic E-state index is 4.37. The van der Waals surface area contributed by atoms with Crippen LogP contribution in [-0.2, 0) is 0 Å². The van der Waals surface area contributed by atoms with E-state index in [0.29, 0.717) is 0 Å². The molecule has 0 nitrogen and oxygen atoms in total. The summed E-state index contributed by atoms with van der Waals surface area (Å²) in [5, 5.41) is 0. The van der Waals surface area contributed by atoms with Gasteiger partial charge in [-0.05, 0) is 71.7 Å². The average molecular weight is 333 g/mol. The molecule has 0 heterocycles. The molecule has 106 valence electrons. The predicted molar refractivity (Wildman–Crippen MR) is 101 cm³/mol. The van der Waals surface area contributed by atoms with E-state index in [1.54, 1.807) is 0 Å². The van der Waals surface area contributed by atoms with Crippen molar-refractivity contribution in [3.05, 3.63) is 0 Å². The molecule has 0 bridgehead atoms. The molecule has 0 saturated heterocycles. The van der Waals surface area contributed by atoms with Gasteiger partial charge < -0.3 is 0 Å².